The number of benzene rings is 1. The van der Waals surface area contributed by atoms with E-state index in [4.69, 9.17) is 10.5 Å². The third-order valence-electron chi connectivity index (χ3n) is 9.09. The van der Waals surface area contributed by atoms with Gasteiger partial charge in [0.15, 0.2) is 0 Å². The molecule has 1 aromatic heterocycles. The number of aromatic amines is 1. The highest BCUT2D eigenvalue weighted by Crippen LogP contribution is 2.29. The Kier molecular flexibility index (Phi) is 24.0. The quantitative estimate of drug-likeness (QED) is 0.132. The Hall–Kier alpha value is -3.08. The van der Waals surface area contributed by atoms with Crippen LogP contribution in [0.4, 0.5) is 10.1 Å². The number of ether oxygens (including phenoxy) is 2. The maximum atomic E-state index is 12.2. The number of likely N-dealkylation sites (tertiary alicyclic amines) is 1. The highest BCUT2D eigenvalue weighted by molar-refractivity contribution is 5.83. The molecule has 10 heteroatoms. The van der Waals surface area contributed by atoms with Gasteiger partial charge >= 0.3 is 0 Å². The molecule has 2 heterocycles. The van der Waals surface area contributed by atoms with E-state index in [0.717, 1.165) is 69.9 Å². The summed E-state index contributed by atoms with van der Waals surface area (Å²) in [5.41, 5.74) is 9.13. The number of H-pyrrole nitrogens is 1. The average molecular weight is 675 g/mol. The number of hydrogen-bond acceptors (Lipinski definition) is 8. The lowest BCUT2D eigenvalue weighted by Gasteiger charge is -2.28. The number of nitrogens with two attached hydrogens (primary N) is 1. The largest absolute Gasteiger partial charge is 0.468 e. The maximum absolute atomic E-state index is 12.2. The lowest BCUT2D eigenvalue weighted by Crippen LogP contribution is -2.34. The predicted octanol–water partition coefficient (Wildman–Crippen LogP) is 7.03. The molecule has 0 amide bonds. The van der Waals surface area contributed by atoms with Crippen LogP contribution in [0.5, 0.6) is 0 Å². The SMILES string of the molecule is C1=CCCCC1.CNc1ccc2[nH]c(C)cc2c1.COCCCCOC=O.C[C@H]1CCN(C)C1C=O.NC(CF)C1CCC(C=O)CC1. The van der Waals surface area contributed by atoms with Crippen LogP contribution < -0.4 is 11.1 Å². The van der Waals surface area contributed by atoms with E-state index in [9.17, 15) is 18.8 Å². The van der Waals surface area contributed by atoms with E-state index >= 15 is 0 Å². The first-order valence-electron chi connectivity index (χ1n) is 17.6. The molecular weight excluding hydrogens is 611 g/mol. The van der Waals surface area contributed by atoms with Gasteiger partial charge in [-0.05, 0) is 127 Å². The number of fused-ring (bicyclic) bond motifs is 1. The minimum atomic E-state index is -0.434. The smallest absolute Gasteiger partial charge is 0.293 e. The Morgan fingerprint density at radius 1 is 1.02 bits per heavy atom. The number of nitrogens with one attached hydrogen (secondary N) is 2. The molecule has 1 saturated carbocycles. The van der Waals surface area contributed by atoms with Gasteiger partial charge in [-0.25, -0.2) is 4.39 Å². The first-order chi connectivity index (χ1) is 23.2. The Labute approximate surface area is 288 Å². The number of rotatable bonds is 11. The van der Waals surface area contributed by atoms with Crippen molar-refractivity contribution in [2.75, 3.05) is 53.0 Å². The Morgan fingerprint density at radius 2 is 1.69 bits per heavy atom. The van der Waals surface area contributed by atoms with E-state index in [2.05, 4.69) is 70.2 Å². The number of unbranched alkanes of at least 4 members (excludes halogenated alkanes) is 1. The topological polar surface area (TPSA) is 127 Å². The number of methoxy groups -OCH3 is 1. The number of likely N-dealkylation sites (N-methyl/N-ethyl adjacent to an activating group) is 1. The average Bonchev–Trinajstić information content (AvgIpc) is 3.68. The van der Waals surface area contributed by atoms with Crippen molar-refractivity contribution < 1.29 is 28.2 Å². The lowest BCUT2D eigenvalue weighted by molar-refractivity contribution is -0.128. The molecule has 0 bridgehead atoms. The highest BCUT2D eigenvalue weighted by atomic mass is 19.1. The van der Waals surface area contributed by atoms with Crippen LogP contribution in [0.2, 0.25) is 0 Å². The third-order valence-corrected chi connectivity index (χ3v) is 9.09. The second-order valence-corrected chi connectivity index (χ2v) is 12.9. The van der Waals surface area contributed by atoms with Gasteiger partial charge in [0, 0.05) is 55.0 Å². The van der Waals surface area contributed by atoms with Crippen LogP contribution in [-0.2, 0) is 23.9 Å². The number of hydrogen-bond donors (Lipinski definition) is 3. The molecule has 48 heavy (non-hydrogen) atoms. The van der Waals surface area contributed by atoms with Crippen LogP contribution in [0.25, 0.3) is 10.9 Å². The molecule has 1 aromatic carbocycles. The van der Waals surface area contributed by atoms with Crippen molar-refractivity contribution in [2.45, 2.75) is 96.6 Å². The summed E-state index contributed by atoms with van der Waals surface area (Å²) in [4.78, 5) is 35.8. The molecule has 5 rings (SSSR count). The van der Waals surface area contributed by atoms with Crippen molar-refractivity contribution >= 4 is 35.6 Å². The number of halogens is 1. The van der Waals surface area contributed by atoms with Crippen molar-refractivity contribution in [2.24, 2.45) is 23.5 Å². The molecule has 0 spiro atoms. The van der Waals surface area contributed by atoms with Gasteiger partial charge in [0.05, 0.1) is 12.6 Å². The standard InChI is InChI=1S/C10H12N2.C9H16FNO.C7H13NO.C6H12O3.C6H10/c1-7-5-8-6-9(11-2)3-4-10(8)12-7;10-5-9(11)8-3-1-7(6-12)2-4-8;1-6-3-4-8(2)7(6)5-9;1-8-4-2-3-5-9-6-7;1-2-4-6-5-3-1/h3-6,11-12H,1-2H3;6-9H,1-5,11H2;5-7H,3-4H2,1-2H3;6H,2-5H2,1H3;1-2H,3-6H2/t;;6-,7?;;/m..0../s1. The summed E-state index contributed by atoms with van der Waals surface area (Å²) < 4.78 is 21.4. The molecule has 2 aromatic rings. The van der Waals surface area contributed by atoms with Crippen LogP contribution in [0, 0.1) is 24.7 Å². The third kappa shape index (κ3) is 17.9. The number of carbonyl (C=O) groups excluding carboxylic acids is 3. The molecule has 1 saturated heterocycles. The molecular formula is C38H63FN4O5. The zero-order valence-corrected chi connectivity index (χ0v) is 30.1. The first kappa shape index (κ1) is 42.9. The second-order valence-electron chi connectivity index (χ2n) is 12.9. The fraction of sp³-hybridized carbons (Fsp3) is 0.658. The van der Waals surface area contributed by atoms with Crippen molar-refractivity contribution in [3.8, 4) is 0 Å². The minimum absolute atomic E-state index is 0.185. The van der Waals surface area contributed by atoms with Gasteiger partial charge in [0.1, 0.15) is 19.2 Å². The van der Waals surface area contributed by atoms with Crippen LogP contribution in [0.3, 0.4) is 0 Å². The number of alkyl halides is 1. The summed E-state index contributed by atoms with van der Waals surface area (Å²) in [5, 5.41) is 4.38. The molecule has 1 aliphatic heterocycles. The van der Waals surface area contributed by atoms with Gasteiger partial charge < -0.3 is 35.1 Å². The number of aromatic nitrogens is 1. The summed E-state index contributed by atoms with van der Waals surface area (Å²) in [6.07, 6.45) is 18.7. The van der Waals surface area contributed by atoms with E-state index in [1.807, 2.05) is 14.1 Å². The molecule has 2 aliphatic carbocycles. The van der Waals surface area contributed by atoms with E-state index in [1.165, 1.54) is 48.7 Å². The minimum Gasteiger partial charge on any atom is -0.468 e. The molecule has 0 radical (unpaired) electrons. The van der Waals surface area contributed by atoms with Crippen molar-refractivity contribution in [1.82, 2.24) is 9.88 Å². The van der Waals surface area contributed by atoms with Gasteiger partial charge in [-0.2, -0.15) is 0 Å². The van der Waals surface area contributed by atoms with Gasteiger partial charge in [-0.3, -0.25) is 9.69 Å². The second kappa shape index (κ2) is 26.8. The van der Waals surface area contributed by atoms with Crippen molar-refractivity contribution in [3.05, 3.63) is 42.1 Å². The highest BCUT2D eigenvalue weighted by Gasteiger charge is 2.27. The summed E-state index contributed by atoms with van der Waals surface area (Å²) in [6.45, 7) is 6.55. The maximum Gasteiger partial charge on any atom is 0.293 e. The zero-order valence-electron chi connectivity index (χ0n) is 30.1. The van der Waals surface area contributed by atoms with E-state index < -0.39 is 6.67 Å². The summed E-state index contributed by atoms with van der Waals surface area (Å²) in [7, 11) is 5.59. The normalized spacial score (nSPS) is 22.1. The fourth-order valence-corrected chi connectivity index (χ4v) is 5.91. The Morgan fingerprint density at radius 3 is 2.15 bits per heavy atom. The molecule has 2 unspecified atom stereocenters. The number of nitrogens with zero attached hydrogens (tertiary/aromatic N) is 1. The van der Waals surface area contributed by atoms with Crippen molar-refractivity contribution in [3.63, 3.8) is 0 Å². The molecule has 9 nitrogen and oxygen atoms in total. The summed E-state index contributed by atoms with van der Waals surface area (Å²) in [6, 6.07) is 8.32. The lowest BCUT2D eigenvalue weighted by atomic mass is 9.79. The van der Waals surface area contributed by atoms with Crippen molar-refractivity contribution in [1.29, 1.82) is 0 Å². The van der Waals surface area contributed by atoms with Gasteiger partial charge in [0.25, 0.3) is 6.47 Å². The van der Waals surface area contributed by atoms with E-state index in [0.29, 0.717) is 24.9 Å². The summed E-state index contributed by atoms with van der Waals surface area (Å²) >= 11 is 0. The Bertz CT molecular complexity index is 1130. The van der Waals surface area contributed by atoms with Gasteiger partial charge in [0.2, 0.25) is 0 Å². The van der Waals surface area contributed by atoms with Gasteiger partial charge in [-0.1, -0.05) is 19.1 Å². The predicted molar refractivity (Wildman–Crippen MR) is 195 cm³/mol. The number of anilines is 1. The Balaban J connectivity index is 0.000000306. The zero-order chi connectivity index (χ0) is 35.6. The van der Waals surface area contributed by atoms with Crippen LogP contribution in [0.1, 0.15) is 83.2 Å². The van der Waals surface area contributed by atoms with E-state index in [-0.39, 0.29) is 18.0 Å². The molecule has 3 aliphatic rings. The van der Waals surface area contributed by atoms with Crippen LogP contribution >= 0.6 is 0 Å². The first-order valence-corrected chi connectivity index (χ1v) is 17.6. The van der Waals surface area contributed by atoms with Crippen LogP contribution in [-0.4, -0.2) is 88.7 Å². The van der Waals surface area contributed by atoms with Crippen LogP contribution in [0.15, 0.2) is 36.4 Å². The number of aryl methyl sites for hydroxylation is 1. The molecule has 4 N–H and O–H groups in total. The summed E-state index contributed by atoms with van der Waals surface area (Å²) in [5.74, 6) is 1.06. The fourth-order valence-electron chi connectivity index (χ4n) is 5.91. The number of allylic oxidation sites excluding steroid dienone is 2. The number of aldehydes is 2. The molecule has 272 valence electrons. The molecule has 3 atom stereocenters. The number of carbonyl (C=O) groups is 3. The monoisotopic (exact) mass is 674 g/mol. The van der Waals surface area contributed by atoms with E-state index in [1.54, 1.807) is 7.11 Å². The van der Waals surface area contributed by atoms with Gasteiger partial charge in [-0.15, -0.1) is 0 Å². The molecule has 2 fully saturated rings.